The SMILES string of the molecule is Cc1cc(Nc2ncc3ccc(=O)oc3n2)ccc1F. The van der Waals surface area contributed by atoms with Gasteiger partial charge in [-0.3, -0.25) is 0 Å². The molecule has 2 heterocycles. The van der Waals surface area contributed by atoms with Crippen LogP contribution < -0.4 is 10.9 Å². The smallest absolute Gasteiger partial charge is 0.337 e. The first kappa shape index (κ1) is 12.3. The number of aromatic nitrogens is 2. The van der Waals surface area contributed by atoms with Gasteiger partial charge in [0.25, 0.3) is 0 Å². The second-order valence-electron chi connectivity index (χ2n) is 4.30. The molecule has 6 heteroatoms. The Labute approximate surface area is 113 Å². The lowest BCUT2D eigenvalue weighted by Crippen LogP contribution is -2.00. The maximum absolute atomic E-state index is 13.2. The predicted molar refractivity (Wildman–Crippen MR) is 72.5 cm³/mol. The van der Waals surface area contributed by atoms with Gasteiger partial charge in [0.1, 0.15) is 5.82 Å². The molecule has 1 aromatic carbocycles. The molecule has 0 fully saturated rings. The molecule has 0 aliphatic heterocycles. The largest absolute Gasteiger partial charge is 0.403 e. The highest BCUT2D eigenvalue weighted by Crippen LogP contribution is 2.18. The van der Waals surface area contributed by atoms with E-state index in [9.17, 15) is 9.18 Å². The van der Waals surface area contributed by atoms with E-state index in [4.69, 9.17) is 4.42 Å². The number of nitrogens with zero attached hydrogens (tertiary/aromatic N) is 2. The van der Waals surface area contributed by atoms with Gasteiger partial charge in [0.2, 0.25) is 11.7 Å². The van der Waals surface area contributed by atoms with E-state index in [1.54, 1.807) is 31.3 Å². The van der Waals surface area contributed by atoms with Crippen LogP contribution in [0.25, 0.3) is 11.1 Å². The van der Waals surface area contributed by atoms with E-state index < -0.39 is 5.63 Å². The number of fused-ring (bicyclic) bond motifs is 1. The molecule has 1 N–H and O–H groups in total. The molecule has 0 aliphatic rings. The summed E-state index contributed by atoms with van der Waals surface area (Å²) >= 11 is 0. The van der Waals surface area contributed by atoms with Gasteiger partial charge in [0.15, 0.2) is 0 Å². The maximum Gasteiger partial charge on any atom is 0.337 e. The summed E-state index contributed by atoms with van der Waals surface area (Å²) in [6, 6.07) is 7.48. The van der Waals surface area contributed by atoms with Gasteiger partial charge < -0.3 is 9.73 Å². The summed E-state index contributed by atoms with van der Waals surface area (Å²) in [4.78, 5) is 19.4. The molecule has 0 radical (unpaired) electrons. The zero-order valence-electron chi connectivity index (χ0n) is 10.6. The number of halogens is 1. The van der Waals surface area contributed by atoms with E-state index in [1.807, 2.05) is 0 Å². The summed E-state index contributed by atoms with van der Waals surface area (Å²) in [6.07, 6.45) is 1.55. The molecule has 0 bridgehead atoms. The second-order valence-corrected chi connectivity index (χ2v) is 4.30. The number of aryl methyl sites for hydroxylation is 1. The Morgan fingerprint density at radius 2 is 2.10 bits per heavy atom. The molecule has 0 aliphatic carbocycles. The Balaban J connectivity index is 1.97. The number of rotatable bonds is 2. The number of nitrogens with one attached hydrogen (secondary N) is 1. The van der Waals surface area contributed by atoms with Crippen LogP contribution in [-0.2, 0) is 0 Å². The van der Waals surface area contributed by atoms with Crippen LogP contribution in [0.2, 0.25) is 0 Å². The van der Waals surface area contributed by atoms with Crippen molar-refractivity contribution in [3.63, 3.8) is 0 Å². The van der Waals surface area contributed by atoms with Crippen LogP contribution in [0.1, 0.15) is 5.56 Å². The minimum atomic E-state index is -0.472. The lowest BCUT2D eigenvalue weighted by molar-refractivity contribution is 0.549. The number of hydrogen-bond donors (Lipinski definition) is 1. The van der Waals surface area contributed by atoms with E-state index in [-0.39, 0.29) is 17.5 Å². The van der Waals surface area contributed by atoms with E-state index in [0.29, 0.717) is 16.6 Å². The Kier molecular flexibility index (Phi) is 2.90. The third kappa shape index (κ3) is 2.35. The van der Waals surface area contributed by atoms with Crippen LogP contribution >= 0.6 is 0 Å². The predicted octanol–water partition coefficient (Wildman–Crippen LogP) is 2.77. The summed E-state index contributed by atoms with van der Waals surface area (Å²) in [5, 5.41) is 3.56. The Morgan fingerprint density at radius 1 is 1.25 bits per heavy atom. The van der Waals surface area contributed by atoms with Crippen molar-refractivity contribution < 1.29 is 8.81 Å². The summed E-state index contributed by atoms with van der Waals surface area (Å²) < 4.78 is 18.2. The molecule has 0 unspecified atom stereocenters. The van der Waals surface area contributed by atoms with Gasteiger partial charge in [-0.15, -0.1) is 0 Å². The molecular weight excluding hydrogens is 261 g/mol. The van der Waals surface area contributed by atoms with Crippen LogP contribution in [0.3, 0.4) is 0 Å². The van der Waals surface area contributed by atoms with E-state index in [1.165, 1.54) is 12.1 Å². The molecule has 0 saturated heterocycles. The zero-order valence-corrected chi connectivity index (χ0v) is 10.6. The highest BCUT2D eigenvalue weighted by atomic mass is 19.1. The van der Waals surface area contributed by atoms with Crippen molar-refractivity contribution in [2.75, 3.05) is 5.32 Å². The fraction of sp³-hybridized carbons (Fsp3) is 0.0714. The van der Waals surface area contributed by atoms with E-state index in [0.717, 1.165) is 0 Å². The molecule has 100 valence electrons. The molecule has 20 heavy (non-hydrogen) atoms. The van der Waals surface area contributed by atoms with Gasteiger partial charge in [-0.1, -0.05) is 0 Å². The Bertz CT molecular complexity index is 845. The molecule has 0 atom stereocenters. The molecule has 2 aromatic heterocycles. The summed E-state index contributed by atoms with van der Waals surface area (Å²) in [7, 11) is 0. The van der Waals surface area contributed by atoms with Crippen LogP contribution in [0.4, 0.5) is 16.0 Å². The number of anilines is 2. The van der Waals surface area contributed by atoms with Gasteiger partial charge in [-0.25, -0.2) is 14.2 Å². The summed E-state index contributed by atoms with van der Waals surface area (Å²) in [5.74, 6) is -0.00108. The van der Waals surface area contributed by atoms with Gasteiger partial charge in [0, 0.05) is 18.0 Å². The van der Waals surface area contributed by atoms with E-state index >= 15 is 0 Å². The third-order valence-electron chi connectivity index (χ3n) is 2.79. The van der Waals surface area contributed by atoms with Crippen molar-refractivity contribution >= 4 is 22.7 Å². The third-order valence-corrected chi connectivity index (χ3v) is 2.79. The Morgan fingerprint density at radius 3 is 2.90 bits per heavy atom. The molecule has 3 rings (SSSR count). The van der Waals surface area contributed by atoms with Crippen molar-refractivity contribution in [2.24, 2.45) is 0 Å². The minimum absolute atomic E-state index is 0.203. The molecule has 0 saturated carbocycles. The topological polar surface area (TPSA) is 68.0 Å². The van der Waals surface area contributed by atoms with Crippen molar-refractivity contribution in [3.05, 3.63) is 58.3 Å². The maximum atomic E-state index is 13.2. The van der Waals surface area contributed by atoms with Crippen LogP contribution in [0.15, 0.2) is 45.7 Å². The summed E-state index contributed by atoms with van der Waals surface area (Å²) in [6.45, 7) is 1.67. The summed E-state index contributed by atoms with van der Waals surface area (Å²) in [5.41, 5.74) is 0.900. The van der Waals surface area contributed by atoms with Gasteiger partial charge in [-0.05, 0) is 36.8 Å². The van der Waals surface area contributed by atoms with Crippen LogP contribution in [0, 0.1) is 12.7 Å². The first-order chi connectivity index (χ1) is 9.61. The highest BCUT2D eigenvalue weighted by Gasteiger charge is 2.04. The average molecular weight is 271 g/mol. The van der Waals surface area contributed by atoms with Crippen LogP contribution in [-0.4, -0.2) is 9.97 Å². The molecular formula is C14H10FN3O2. The first-order valence-corrected chi connectivity index (χ1v) is 5.92. The van der Waals surface area contributed by atoms with Crippen molar-refractivity contribution in [1.82, 2.24) is 9.97 Å². The normalized spacial score (nSPS) is 10.7. The zero-order chi connectivity index (χ0) is 14.1. The van der Waals surface area contributed by atoms with Crippen molar-refractivity contribution in [2.45, 2.75) is 6.92 Å². The minimum Gasteiger partial charge on any atom is -0.403 e. The lowest BCUT2D eigenvalue weighted by atomic mass is 10.2. The number of benzene rings is 1. The van der Waals surface area contributed by atoms with Crippen molar-refractivity contribution in [3.8, 4) is 0 Å². The van der Waals surface area contributed by atoms with Gasteiger partial charge in [-0.2, -0.15) is 4.98 Å². The van der Waals surface area contributed by atoms with Crippen LogP contribution in [0.5, 0.6) is 0 Å². The van der Waals surface area contributed by atoms with Gasteiger partial charge >= 0.3 is 5.63 Å². The van der Waals surface area contributed by atoms with E-state index in [2.05, 4.69) is 15.3 Å². The Hall–Kier alpha value is -2.76. The molecule has 0 spiro atoms. The fourth-order valence-electron chi connectivity index (χ4n) is 1.77. The lowest BCUT2D eigenvalue weighted by Gasteiger charge is -2.06. The monoisotopic (exact) mass is 271 g/mol. The highest BCUT2D eigenvalue weighted by molar-refractivity contribution is 5.72. The fourth-order valence-corrected chi connectivity index (χ4v) is 1.77. The quantitative estimate of drug-likeness (QED) is 0.776. The standard InChI is InChI=1S/C14H10FN3O2/c1-8-6-10(3-4-11(8)15)17-14-16-7-9-2-5-12(19)20-13(9)18-14/h2-7H,1H3,(H,16,17,18). The number of hydrogen-bond acceptors (Lipinski definition) is 5. The van der Waals surface area contributed by atoms with Gasteiger partial charge in [0.05, 0.1) is 5.39 Å². The molecule has 5 nitrogen and oxygen atoms in total. The second kappa shape index (κ2) is 4.73. The molecule has 3 aromatic rings. The molecule has 0 amide bonds. The van der Waals surface area contributed by atoms with Crippen molar-refractivity contribution in [1.29, 1.82) is 0 Å². The first-order valence-electron chi connectivity index (χ1n) is 5.92. The average Bonchev–Trinajstić information content (AvgIpc) is 2.42.